The van der Waals surface area contributed by atoms with Gasteiger partial charge in [0.15, 0.2) is 0 Å². The van der Waals surface area contributed by atoms with Crippen LogP contribution in [-0.4, -0.2) is 42.2 Å². The lowest BCUT2D eigenvalue weighted by Crippen LogP contribution is -2.33. The molecule has 1 aliphatic rings. The Kier molecular flexibility index (Phi) is 5.01. The number of carboxylic acid groups (broad SMARTS) is 1. The fourth-order valence-corrected chi connectivity index (χ4v) is 2.87. The number of carbonyl (C=O) groups is 1. The zero-order valence-electron chi connectivity index (χ0n) is 12.2. The Morgan fingerprint density at radius 1 is 1.48 bits per heavy atom. The van der Waals surface area contributed by atoms with Crippen LogP contribution in [0, 0.1) is 5.82 Å². The summed E-state index contributed by atoms with van der Waals surface area (Å²) >= 11 is 0. The minimum atomic E-state index is -1.22. The highest BCUT2D eigenvalue weighted by Crippen LogP contribution is 2.25. The van der Waals surface area contributed by atoms with Crippen molar-refractivity contribution < 1.29 is 14.3 Å². The number of likely N-dealkylation sites (N-methyl/N-ethyl adjacent to an activating group) is 1. The van der Waals surface area contributed by atoms with Gasteiger partial charge in [-0.25, -0.2) is 9.18 Å². The monoisotopic (exact) mass is 295 g/mol. The molecule has 0 radical (unpaired) electrons. The van der Waals surface area contributed by atoms with Gasteiger partial charge < -0.3 is 21.1 Å². The van der Waals surface area contributed by atoms with Crippen molar-refractivity contribution in [1.29, 1.82) is 0 Å². The predicted molar refractivity (Wildman–Crippen MR) is 81.1 cm³/mol. The fourth-order valence-electron chi connectivity index (χ4n) is 2.87. The molecule has 0 unspecified atom stereocenters. The summed E-state index contributed by atoms with van der Waals surface area (Å²) in [6.07, 6.45) is 5.00. The maximum Gasteiger partial charge on any atom is 0.340 e. The molecule has 5 nitrogen and oxygen atoms in total. The first-order valence-electron chi connectivity index (χ1n) is 7.26. The van der Waals surface area contributed by atoms with Gasteiger partial charge in [0.1, 0.15) is 11.4 Å². The average Bonchev–Trinajstić information content (AvgIpc) is 2.96. The van der Waals surface area contributed by atoms with Gasteiger partial charge in [0.05, 0.1) is 11.4 Å². The third-order valence-electron chi connectivity index (χ3n) is 4.13. The van der Waals surface area contributed by atoms with Crippen molar-refractivity contribution in [3.63, 3.8) is 0 Å². The molecule has 0 spiro atoms. The van der Waals surface area contributed by atoms with E-state index in [1.807, 2.05) is 0 Å². The number of nitrogen functional groups attached to an aromatic ring is 1. The fraction of sp³-hybridized carbons (Fsp3) is 0.533. The molecule has 0 saturated heterocycles. The van der Waals surface area contributed by atoms with Crippen LogP contribution in [0.1, 0.15) is 36.0 Å². The van der Waals surface area contributed by atoms with Crippen molar-refractivity contribution in [3.8, 4) is 0 Å². The number of nitrogens with one attached hydrogen (secondary N) is 1. The molecule has 1 aliphatic carbocycles. The Labute approximate surface area is 123 Å². The summed E-state index contributed by atoms with van der Waals surface area (Å²) in [5.74, 6) is -1.93. The Bertz CT molecular complexity index is 516. The van der Waals surface area contributed by atoms with Gasteiger partial charge in [0.2, 0.25) is 0 Å². The van der Waals surface area contributed by atoms with E-state index in [2.05, 4.69) is 17.3 Å². The highest BCUT2D eigenvalue weighted by molar-refractivity contribution is 6.00. The van der Waals surface area contributed by atoms with Gasteiger partial charge in [-0.05, 0) is 32.0 Å². The molecule has 1 fully saturated rings. The van der Waals surface area contributed by atoms with Crippen LogP contribution in [0.5, 0.6) is 0 Å². The van der Waals surface area contributed by atoms with Gasteiger partial charge in [-0.15, -0.1) is 0 Å². The van der Waals surface area contributed by atoms with E-state index in [1.165, 1.54) is 37.8 Å². The van der Waals surface area contributed by atoms with Crippen LogP contribution in [0.2, 0.25) is 0 Å². The summed E-state index contributed by atoms with van der Waals surface area (Å²) < 4.78 is 13.3. The zero-order valence-corrected chi connectivity index (χ0v) is 12.2. The Morgan fingerprint density at radius 3 is 2.76 bits per heavy atom. The third kappa shape index (κ3) is 3.64. The topological polar surface area (TPSA) is 78.6 Å². The smallest absolute Gasteiger partial charge is 0.340 e. The van der Waals surface area contributed by atoms with Crippen LogP contribution in [0.4, 0.5) is 15.8 Å². The quantitative estimate of drug-likeness (QED) is 0.702. The average molecular weight is 295 g/mol. The van der Waals surface area contributed by atoms with Crippen molar-refractivity contribution in [1.82, 2.24) is 4.90 Å². The van der Waals surface area contributed by atoms with Crippen LogP contribution >= 0.6 is 0 Å². The van der Waals surface area contributed by atoms with Crippen molar-refractivity contribution in [2.75, 3.05) is 31.2 Å². The molecule has 0 bridgehead atoms. The first kappa shape index (κ1) is 15.6. The molecule has 0 amide bonds. The summed E-state index contributed by atoms with van der Waals surface area (Å²) in [6, 6.07) is 3.22. The standard InChI is InChI=1S/C15H22FN3O2/c1-19(10-4-2-3-5-10)9-8-18-12-7-6-11(16)14(17)13(12)15(20)21/h6-7,10,18H,2-5,8-9,17H2,1H3,(H,20,21). The normalized spacial score (nSPS) is 15.6. The lowest BCUT2D eigenvalue weighted by molar-refractivity contribution is 0.0698. The molecule has 2 rings (SSSR count). The van der Waals surface area contributed by atoms with E-state index in [4.69, 9.17) is 10.8 Å². The number of nitrogens with zero attached hydrogens (tertiary/aromatic N) is 1. The van der Waals surface area contributed by atoms with E-state index >= 15 is 0 Å². The molecule has 1 aromatic rings. The number of anilines is 2. The molecule has 0 aliphatic heterocycles. The van der Waals surface area contributed by atoms with E-state index in [0.717, 1.165) is 6.54 Å². The van der Waals surface area contributed by atoms with Gasteiger partial charge in [0.25, 0.3) is 0 Å². The summed E-state index contributed by atoms with van der Waals surface area (Å²) in [4.78, 5) is 13.5. The van der Waals surface area contributed by atoms with Crippen molar-refractivity contribution in [3.05, 3.63) is 23.5 Å². The number of nitrogens with two attached hydrogens (primary N) is 1. The summed E-state index contributed by atoms with van der Waals surface area (Å²) in [5, 5.41) is 12.2. The number of carboxylic acids is 1. The maximum absolute atomic E-state index is 13.3. The molecule has 6 heteroatoms. The van der Waals surface area contributed by atoms with Gasteiger partial charge in [0, 0.05) is 19.1 Å². The zero-order chi connectivity index (χ0) is 15.4. The van der Waals surface area contributed by atoms with Gasteiger partial charge in [-0.3, -0.25) is 0 Å². The van der Waals surface area contributed by atoms with Gasteiger partial charge in [-0.1, -0.05) is 12.8 Å². The molecule has 4 N–H and O–H groups in total. The second-order valence-electron chi connectivity index (χ2n) is 5.53. The highest BCUT2D eigenvalue weighted by atomic mass is 19.1. The maximum atomic E-state index is 13.3. The van der Waals surface area contributed by atoms with Crippen LogP contribution in [0.3, 0.4) is 0 Å². The van der Waals surface area contributed by atoms with E-state index < -0.39 is 11.8 Å². The van der Waals surface area contributed by atoms with E-state index in [-0.39, 0.29) is 11.3 Å². The largest absolute Gasteiger partial charge is 0.478 e. The molecule has 1 saturated carbocycles. The van der Waals surface area contributed by atoms with E-state index in [0.29, 0.717) is 18.3 Å². The highest BCUT2D eigenvalue weighted by Gasteiger charge is 2.20. The SMILES string of the molecule is CN(CCNc1ccc(F)c(N)c1C(=O)O)C1CCCC1. The second kappa shape index (κ2) is 6.76. The second-order valence-corrected chi connectivity index (χ2v) is 5.53. The third-order valence-corrected chi connectivity index (χ3v) is 4.13. The van der Waals surface area contributed by atoms with Crippen LogP contribution in [-0.2, 0) is 0 Å². The summed E-state index contributed by atoms with van der Waals surface area (Å²) in [7, 11) is 2.08. The van der Waals surface area contributed by atoms with Crippen molar-refractivity contribution >= 4 is 17.3 Å². The lowest BCUT2D eigenvalue weighted by Gasteiger charge is -2.24. The molecule has 0 aromatic heterocycles. The molecular weight excluding hydrogens is 273 g/mol. The van der Waals surface area contributed by atoms with Crippen molar-refractivity contribution in [2.45, 2.75) is 31.7 Å². The number of benzene rings is 1. The predicted octanol–water partition coefficient (Wildman–Crippen LogP) is 2.39. The lowest BCUT2D eigenvalue weighted by atomic mass is 10.1. The van der Waals surface area contributed by atoms with Crippen LogP contribution in [0.25, 0.3) is 0 Å². The summed E-state index contributed by atoms with van der Waals surface area (Å²) in [5.41, 5.74) is 5.35. The van der Waals surface area contributed by atoms with E-state index in [9.17, 15) is 9.18 Å². The molecule has 116 valence electrons. The van der Waals surface area contributed by atoms with Gasteiger partial charge in [-0.2, -0.15) is 0 Å². The van der Waals surface area contributed by atoms with Crippen LogP contribution in [0.15, 0.2) is 12.1 Å². The van der Waals surface area contributed by atoms with Crippen molar-refractivity contribution in [2.24, 2.45) is 0 Å². The molecule has 1 aromatic carbocycles. The minimum Gasteiger partial charge on any atom is -0.478 e. The minimum absolute atomic E-state index is 0.196. The van der Waals surface area contributed by atoms with E-state index in [1.54, 1.807) is 0 Å². The molecular formula is C15H22FN3O2. The molecule has 0 heterocycles. The first-order chi connectivity index (χ1) is 10.0. The van der Waals surface area contributed by atoms with Crippen LogP contribution < -0.4 is 11.1 Å². The molecule has 21 heavy (non-hydrogen) atoms. The Morgan fingerprint density at radius 2 is 2.14 bits per heavy atom. The number of hydrogen-bond acceptors (Lipinski definition) is 4. The Balaban J connectivity index is 1.96. The van der Waals surface area contributed by atoms with Gasteiger partial charge >= 0.3 is 5.97 Å². The molecule has 0 atom stereocenters. The number of halogens is 1. The number of aromatic carboxylic acids is 1. The summed E-state index contributed by atoms with van der Waals surface area (Å²) in [6.45, 7) is 1.40. The number of hydrogen-bond donors (Lipinski definition) is 3. The Hall–Kier alpha value is -1.82. The number of rotatable bonds is 6. The first-order valence-corrected chi connectivity index (χ1v) is 7.26.